The zero-order chi connectivity index (χ0) is 21.1. The van der Waals surface area contributed by atoms with Crippen LogP contribution in [0.4, 0.5) is 0 Å². The summed E-state index contributed by atoms with van der Waals surface area (Å²) in [5.41, 5.74) is 3.81. The van der Waals surface area contributed by atoms with Gasteiger partial charge >= 0.3 is 0 Å². The molecule has 162 valence electrons. The van der Waals surface area contributed by atoms with Gasteiger partial charge in [-0.05, 0) is 74.1 Å². The predicted molar refractivity (Wildman–Crippen MR) is 128 cm³/mol. The first-order valence-corrected chi connectivity index (χ1v) is 12.8. The topological polar surface area (TPSA) is 41.1 Å². The second-order valence-corrected chi connectivity index (χ2v) is 10.9. The number of rotatable bonds is 4. The van der Waals surface area contributed by atoms with Crippen molar-refractivity contribution in [2.45, 2.75) is 69.5 Å². The first-order valence-electron chi connectivity index (χ1n) is 11.6. The summed E-state index contributed by atoms with van der Waals surface area (Å²) in [6.07, 6.45) is 5.04. The summed E-state index contributed by atoms with van der Waals surface area (Å²) < 4.78 is 0. The maximum Gasteiger partial charge on any atom is 0.127 e. The molecule has 1 aliphatic carbocycles. The number of halogens is 1. The van der Waals surface area contributed by atoms with Crippen molar-refractivity contribution in [2.24, 2.45) is 0 Å². The van der Waals surface area contributed by atoms with Gasteiger partial charge in [0.05, 0.1) is 5.69 Å². The molecule has 31 heavy (non-hydrogen) atoms. The van der Waals surface area contributed by atoms with Crippen LogP contribution in [0.15, 0.2) is 29.6 Å². The van der Waals surface area contributed by atoms with E-state index < -0.39 is 0 Å². The van der Waals surface area contributed by atoms with Gasteiger partial charge in [0.15, 0.2) is 0 Å². The Balaban J connectivity index is 1.21. The quantitative estimate of drug-likeness (QED) is 0.542. The minimum atomic E-state index is 0.401. The highest BCUT2D eigenvalue weighted by molar-refractivity contribution is 7.16. The first kappa shape index (κ1) is 20.1. The highest BCUT2D eigenvalue weighted by Crippen LogP contribution is 2.57. The largest absolute Gasteiger partial charge is 0.310 e. The van der Waals surface area contributed by atoms with Gasteiger partial charge < -0.3 is 5.32 Å². The molecule has 1 saturated carbocycles. The highest BCUT2D eigenvalue weighted by atomic mass is 35.5. The van der Waals surface area contributed by atoms with Gasteiger partial charge in [-0.2, -0.15) is 0 Å². The fraction of sp³-hybridized carbons (Fsp3) is 0.520. The van der Waals surface area contributed by atoms with Crippen LogP contribution >= 0.6 is 22.9 Å². The molecule has 1 aromatic carbocycles. The zero-order valence-corrected chi connectivity index (χ0v) is 19.7. The van der Waals surface area contributed by atoms with Crippen molar-refractivity contribution in [1.29, 1.82) is 0 Å². The molecule has 3 aliphatic rings. The maximum atomic E-state index is 6.86. The van der Waals surface area contributed by atoms with Gasteiger partial charge in [0.25, 0.3) is 0 Å². The lowest BCUT2D eigenvalue weighted by molar-refractivity contribution is 0.200. The van der Waals surface area contributed by atoms with E-state index in [1.807, 2.05) is 6.92 Å². The van der Waals surface area contributed by atoms with Crippen LogP contribution < -0.4 is 5.32 Å². The average Bonchev–Trinajstić information content (AvgIpc) is 3.24. The Bertz CT molecular complexity index is 1130. The van der Waals surface area contributed by atoms with Crippen molar-refractivity contribution in [3.8, 4) is 0 Å². The number of benzene rings is 1. The lowest BCUT2D eigenvalue weighted by Gasteiger charge is -2.31. The van der Waals surface area contributed by atoms with Crippen LogP contribution in [0.2, 0.25) is 5.02 Å². The molecule has 3 unspecified atom stereocenters. The SMILES string of the molecule is Cc1nc([C@H]2C[C@@H]2c2ccc(C(C)N3CCC4CCC(C3)N4)cc2Cl)c2ccsc2n1. The molecule has 2 aromatic heterocycles. The second-order valence-electron chi connectivity index (χ2n) is 9.62. The van der Waals surface area contributed by atoms with Gasteiger partial charge in [0.2, 0.25) is 0 Å². The molecule has 0 amide bonds. The van der Waals surface area contributed by atoms with Crippen LogP contribution in [0, 0.1) is 6.92 Å². The van der Waals surface area contributed by atoms with Crippen molar-refractivity contribution in [3.63, 3.8) is 0 Å². The zero-order valence-electron chi connectivity index (χ0n) is 18.1. The molecule has 5 atom stereocenters. The monoisotopic (exact) mass is 452 g/mol. The van der Waals surface area contributed by atoms with Gasteiger partial charge in [-0.3, -0.25) is 4.90 Å². The average molecular weight is 453 g/mol. The third-order valence-electron chi connectivity index (χ3n) is 7.62. The summed E-state index contributed by atoms with van der Waals surface area (Å²) in [5, 5.41) is 8.04. The summed E-state index contributed by atoms with van der Waals surface area (Å²) in [5.74, 6) is 1.78. The molecular weight excluding hydrogens is 424 g/mol. The van der Waals surface area contributed by atoms with Crippen molar-refractivity contribution in [1.82, 2.24) is 20.2 Å². The van der Waals surface area contributed by atoms with Crippen LogP contribution in [-0.4, -0.2) is 40.0 Å². The van der Waals surface area contributed by atoms with Gasteiger partial charge in [-0.25, -0.2) is 9.97 Å². The number of hydrogen-bond acceptors (Lipinski definition) is 5. The van der Waals surface area contributed by atoms with Gasteiger partial charge in [0, 0.05) is 47.5 Å². The van der Waals surface area contributed by atoms with E-state index in [0.717, 1.165) is 34.7 Å². The number of fused-ring (bicyclic) bond motifs is 3. The predicted octanol–water partition coefficient (Wildman–Crippen LogP) is 5.81. The highest BCUT2D eigenvalue weighted by Gasteiger charge is 2.43. The van der Waals surface area contributed by atoms with Crippen molar-refractivity contribution in [2.75, 3.05) is 13.1 Å². The third-order valence-corrected chi connectivity index (χ3v) is 8.75. The van der Waals surface area contributed by atoms with Crippen LogP contribution in [0.1, 0.15) is 73.1 Å². The molecule has 4 nitrogen and oxygen atoms in total. The van der Waals surface area contributed by atoms with E-state index >= 15 is 0 Å². The molecule has 3 fully saturated rings. The standard InChI is InChI=1S/C25H29ClN4S/c1-14(30-9-7-17-4-5-18(13-30)29-17)16-3-6-19(23(26)11-16)21-12-22(21)24-20-8-10-31-25(20)28-15(2)27-24/h3,6,8,10-11,14,17-18,21-22,29H,4-5,7,9,12-13H2,1-2H3/t14?,17?,18?,21-,22+/m1/s1. The Kier molecular flexibility index (Phi) is 5.06. The van der Waals surface area contributed by atoms with Crippen molar-refractivity contribution in [3.05, 3.63) is 57.3 Å². The summed E-state index contributed by atoms with van der Waals surface area (Å²) in [4.78, 5) is 13.1. The van der Waals surface area contributed by atoms with E-state index in [4.69, 9.17) is 16.6 Å². The first-order chi connectivity index (χ1) is 15.1. The van der Waals surface area contributed by atoms with E-state index in [2.05, 4.69) is 51.8 Å². The fourth-order valence-electron chi connectivity index (χ4n) is 5.75. The number of aryl methyl sites for hydroxylation is 1. The Hall–Kier alpha value is -1.53. The van der Waals surface area contributed by atoms with E-state index in [-0.39, 0.29) is 0 Å². The molecule has 2 aliphatic heterocycles. The normalized spacial score (nSPS) is 29.3. The van der Waals surface area contributed by atoms with E-state index in [1.165, 1.54) is 48.0 Å². The molecule has 3 aromatic rings. The minimum absolute atomic E-state index is 0.401. The van der Waals surface area contributed by atoms with E-state index in [1.54, 1.807) is 11.3 Å². The minimum Gasteiger partial charge on any atom is -0.310 e. The number of aromatic nitrogens is 2. The number of hydrogen-bond donors (Lipinski definition) is 1. The van der Waals surface area contributed by atoms with Crippen molar-refractivity contribution >= 4 is 33.2 Å². The molecule has 4 heterocycles. The molecule has 2 saturated heterocycles. The molecule has 0 radical (unpaired) electrons. The number of thiophene rings is 1. The van der Waals surface area contributed by atoms with Crippen molar-refractivity contribution < 1.29 is 0 Å². The fourth-order valence-corrected chi connectivity index (χ4v) is 6.90. The summed E-state index contributed by atoms with van der Waals surface area (Å²) >= 11 is 8.56. The summed E-state index contributed by atoms with van der Waals surface area (Å²) in [6, 6.07) is 10.8. The Labute approximate surface area is 193 Å². The lowest BCUT2D eigenvalue weighted by Crippen LogP contribution is -2.36. The number of nitrogens with zero attached hydrogens (tertiary/aromatic N) is 3. The lowest BCUT2D eigenvalue weighted by atomic mass is 9.99. The van der Waals surface area contributed by atoms with Crippen LogP contribution in [0.25, 0.3) is 10.2 Å². The van der Waals surface area contributed by atoms with Crippen LogP contribution in [-0.2, 0) is 0 Å². The Morgan fingerprint density at radius 1 is 1.13 bits per heavy atom. The Morgan fingerprint density at radius 3 is 2.87 bits per heavy atom. The number of nitrogens with one attached hydrogen (secondary N) is 1. The van der Waals surface area contributed by atoms with Crippen LogP contribution in [0.3, 0.4) is 0 Å². The smallest absolute Gasteiger partial charge is 0.127 e. The summed E-state index contributed by atoms with van der Waals surface area (Å²) in [6.45, 7) is 6.64. The molecule has 0 spiro atoms. The van der Waals surface area contributed by atoms with E-state index in [9.17, 15) is 0 Å². The third kappa shape index (κ3) is 3.70. The molecular formula is C25H29ClN4S. The van der Waals surface area contributed by atoms with Crippen LogP contribution in [0.5, 0.6) is 0 Å². The van der Waals surface area contributed by atoms with E-state index in [0.29, 0.717) is 23.9 Å². The van der Waals surface area contributed by atoms with Gasteiger partial charge in [-0.1, -0.05) is 23.7 Å². The molecule has 1 N–H and O–H groups in total. The second kappa shape index (κ2) is 7.80. The van der Waals surface area contributed by atoms with Gasteiger partial charge in [0.1, 0.15) is 10.7 Å². The number of likely N-dealkylation sites (tertiary alicyclic amines) is 1. The summed E-state index contributed by atoms with van der Waals surface area (Å²) in [7, 11) is 0. The molecule has 6 rings (SSSR count). The molecule has 2 bridgehead atoms. The maximum absolute atomic E-state index is 6.86. The van der Waals surface area contributed by atoms with Gasteiger partial charge in [-0.15, -0.1) is 11.3 Å². The Morgan fingerprint density at radius 2 is 2.00 bits per heavy atom. The molecule has 6 heteroatoms.